The van der Waals surface area contributed by atoms with Crippen LogP contribution in [0.4, 0.5) is 0 Å². The largest absolute Gasteiger partial charge is 0.491 e. The topological polar surface area (TPSA) is 102 Å². The number of aliphatic hydroxyl groups excluding tert-OH is 1. The van der Waals surface area contributed by atoms with Crippen molar-refractivity contribution in [3.05, 3.63) is 29.8 Å². The molecule has 3 aliphatic heterocycles. The second-order valence-corrected chi connectivity index (χ2v) is 10.4. The number of ether oxygens (including phenoxy) is 1. The molecule has 0 unspecified atom stereocenters. The van der Waals surface area contributed by atoms with Gasteiger partial charge in [0.2, 0.25) is 17.7 Å². The van der Waals surface area contributed by atoms with Gasteiger partial charge in [0.15, 0.2) is 0 Å². The van der Waals surface area contributed by atoms with Crippen LogP contribution in [-0.2, 0) is 14.4 Å². The number of unbranched alkanes of at least 4 members (excludes halogenated alkanes) is 3. The van der Waals surface area contributed by atoms with E-state index in [2.05, 4.69) is 24.3 Å². The number of carbonyl (C=O) groups is 3. The molecule has 4 atom stereocenters. The van der Waals surface area contributed by atoms with Crippen molar-refractivity contribution in [3.63, 3.8) is 0 Å². The van der Waals surface area contributed by atoms with Crippen LogP contribution in [0.5, 0.6) is 5.75 Å². The molecule has 3 aliphatic rings. The minimum atomic E-state index is -0.611. The Morgan fingerprint density at radius 3 is 2.72 bits per heavy atom. The Hall–Kier alpha value is -2.65. The Balaban J connectivity index is 1.49. The summed E-state index contributed by atoms with van der Waals surface area (Å²) in [7, 11) is 4.14. The third-order valence-electron chi connectivity index (χ3n) is 7.58. The van der Waals surface area contributed by atoms with Crippen molar-refractivity contribution in [2.75, 3.05) is 46.9 Å². The molecule has 198 valence electrons. The van der Waals surface area contributed by atoms with E-state index in [0.29, 0.717) is 31.7 Å². The summed E-state index contributed by atoms with van der Waals surface area (Å²) in [6, 6.07) is 5.78. The summed E-state index contributed by atoms with van der Waals surface area (Å²) in [4.78, 5) is 45.9. The minimum absolute atomic E-state index is 0.0361. The van der Waals surface area contributed by atoms with Gasteiger partial charge in [-0.1, -0.05) is 25.0 Å². The van der Waals surface area contributed by atoms with Gasteiger partial charge in [-0.2, -0.15) is 0 Å². The summed E-state index contributed by atoms with van der Waals surface area (Å²) < 4.78 is 5.60. The molecular weight excluding hydrogens is 460 g/mol. The molecule has 3 amide bonds. The maximum atomic E-state index is 13.6. The number of carbonyl (C=O) groups excluding carboxylic acids is 3. The average molecular weight is 501 g/mol. The summed E-state index contributed by atoms with van der Waals surface area (Å²) in [5.41, 5.74) is 0.782. The number of hydrogen-bond acceptors (Lipinski definition) is 6. The van der Waals surface area contributed by atoms with Crippen LogP contribution in [0.3, 0.4) is 0 Å². The van der Waals surface area contributed by atoms with Gasteiger partial charge in [0.1, 0.15) is 24.4 Å². The molecule has 1 aromatic rings. The highest BCUT2D eigenvalue weighted by molar-refractivity contribution is 5.99. The van der Waals surface area contributed by atoms with E-state index >= 15 is 0 Å². The molecule has 3 saturated heterocycles. The quantitative estimate of drug-likeness (QED) is 0.423. The van der Waals surface area contributed by atoms with Crippen LogP contribution in [0.2, 0.25) is 0 Å². The van der Waals surface area contributed by atoms with Crippen LogP contribution >= 0.6 is 0 Å². The number of piperazine rings is 1. The second-order valence-electron chi connectivity index (χ2n) is 10.4. The normalized spacial score (nSPS) is 25.3. The smallest absolute Gasteiger partial charge is 0.246 e. The highest BCUT2D eigenvalue weighted by atomic mass is 16.5. The lowest BCUT2D eigenvalue weighted by Gasteiger charge is -2.41. The van der Waals surface area contributed by atoms with Gasteiger partial charge < -0.3 is 29.9 Å². The van der Waals surface area contributed by atoms with Crippen molar-refractivity contribution in [3.8, 4) is 5.75 Å². The third kappa shape index (κ3) is 5.67. The molecule has 0 radical (unpaired) electrons. The van der Waals surface area contributed by atoms with Gasteiger partial charge in [-0.15, -0.1) is 0 Å². The molecule has 3 heterocycles. The number of amides is 3. The molecule has 0 aromatic heterocycles. The summed E-state index contributed by atoms with van der Waals surface area (Å²) in [6.45, 7) is 2.32. The van der Waals surface area contributed by atoms with E-state index < -0.39 is 24.0 Å². The van der Waals surface area contributed by atoms with Gasteiger partial charge in [-0.3, -0.25) is 14.4 Å². The van der Waals surface area contributed by atoms with E-state index in [1.165, 1.54) is 0 Å². The van der Waals surface area contributed by atoms with Crippen molar-refractivity contribution in [1.29, 1.82) is 0 Å². The second kappa shape index (κ2) is 12.1. The van der Waals surface area contributed by atoms with Crippen LogP contribution in [0.25, 0.3) is 0 Å². The Bertz CT molecular complexity index is 938. The Morgan fingerprint density at radius 2 is 1.94 bits per heavy atom. The van der Waals surface area contributed by atoms with E-state index in [9.17, 15) is 14.4 Å². The van der Waals surface area contributed by atoms with Crippen LogP contribution < -0.4 is 10.1 Å². The molecule has 0 bridgehead atoms. The number of fused-ring (bicyclic) bond motifs is 2. The van der Waals surface area contributed by atoms with E-state index in [1.54, 1.807) is 15.9 Å². The van der Waals surface area contributed by atoms with E-state index in [0.717, 1.165) is 44.2 Å². The Morgan fingerprint density at radius 1 is 1.14 bits per heavy atom. The first-order valence-electron chi connectivity index (χ1n) is 13.3. The number of rotatable bonds is 12. The highest BCUT2D eigenvalue weighted by Gasteiger charge is 2.57. The van der Waals surface area contributed by atoms with E-state index in [1.807, 2.05) is 18.2 Å². The standard InChI is InChI=1S/C27H40N4O5/c1-29(2)13-6-4-3-5-12-28-25(33)21-18-23-26(34)30-14-8-11-22(30)27(35)31(23)24(21)19-9-7-10-20(17-19)36-16-15-32/h7,9-10,17,21-24,32H,3-6,8,11-16,18H2,1-2H3,(H,28,33)/t21-,22-,23-,24-/m0/s1. The number of nitrogens with zero attached hydrogens (tertiary/aromatic N) is 3. The van der Waals surface area contributed by atoms with Crippen LogP contribution in [0.1, 0.15) is 56.6 Å². The zero-order valence-electron chi connectivity index (χ0n) is 21.5. The average Bonchev–Trinajstić information content (AvgIpc) is 3.52. The summed E-state index contributed by atoms with van der Waals surface area (Å²) >= 11 is 0. The van der Waals surface area contributed by atoms with Crippen molar-refractivity contribution in [1.82, 2.24) is 20.0 Å². The lowest BCUT2D eigenvalue weighted by molar-refractivity contribution is -0.159. The fourth-order valence-electron chi connectivity index (χ4n) is 5.88. The fraction of sp³-hybridized carbons (Fsp3) is 0.667. The van der Waals surface area contributed by atoms with Crippen LogP contribution in [0.15, 0.2) is 24.3 Å². The van der Waals surface area contributed by atoms with Gasteiger partial charge in [-0.25, -0.2) is 0 Å². The monoisotopic (exact) mass is 500 g/mol. The first-order chi connectivity index (χ1) is 17.4. The zero-order chi connectivity index (χ0) is 25.7. The molecule has 4 rings (SSSR count). The van der Waals surface area contributed by atoms with Crippen molar-refractivity contribution in [2.45, 2.75) is 63.1 Å². The zero-order valence-corrected chi connectivity index (χ0v) is 21.5. The first-order valence-corrected chi connectivity index (χ1v) is 13.3. The minimum Gasteiger partial charge on any atom is -0.491 e. The maximum Gasteiger partial charge on any atom is 0.246 e. The predicted molar refractivity (Wildman–Crippen MR) is 135 cm³/mol. The summed E-state index contributed by atoms with van der Waals surface area (Å²) in [5, 5.41) is 12.2. The SMILES string of the molecule is CN(C)CCCCCCNC(=O)[C@H]1C[C@H]2C(=O)N3CCC[C@H]3C(=O)N2[C@H]1c1cccc(OCCO)c1. The summed E-state index contributed by atoms with van der Waals surface area (Å²) in [5.74, 6) is -0.138. The molecule has 0 aliphatic carbocycles. The molecule has 2 N–H and O–H groups in total. The molecule has 0 spiro atoms. The number of nitrogens with one attached hydrogen (secondary N) is 1. The van der Waals surface area contributed by atoms with Gasteiger partial charge >= 0.3 is 0 Å². The third-order valence-corrected chi connectivity index (χ3v) is 7.58. The first kappa shape index (κ1) is 26.4. The fourth-order valence-corrected chi connectivity index (χ4v) is 5.88. The molecule has 9 heteroatoms. The van der Waals surface area contributed by atoms with Gasteiger partial charge in [0.25, 0.3) is 0 Å². The Kier molecular flexibility index (Phi) is 8.85. The van der Waals surface area contributed by atoms with Gasteiger partial charge in [-0.05, 0) is 70.4 Å². The van der Waals surface area contributed by atoms with Crippen LogP contribution in [0, 0.1) is 5.92 Å². The van der Waals surface area contributed by atoms with Crippen LogP contribution in [-0.4, -0.2) is 96.6 Å². The molecular formula is C27H40N4O5. The molecule has 3 fully saturated rings. The molecule has 0 saturated carbocycles. The van der Waals surface area contributed by atoms with Gasteiger partial charge in [0.05, 0.1) is 18.6 Å². The van der Waals surface area contributed by atoms with Gasteiger partial charge in [0, 0.05) is 13.1 Å². The van der Waals surface area contributed by atoms with Crippen molar-refractivity contribution >= 4 is 17.7 Å². The lowest BCUT2D eigenvalue weighted by atomic mass is 9.92. The predicted octanol–water partition coefficient (Wildman–Crippen LogP) is 1.56. The maximum absolute atomic E-state index is 13.6. The lowest BCUT2D eigenvalue weighted by Crippen LogP contribution is -2.60. The molecule has 36 heavy (non-hydrogen) atoms. The number of benzene rings is 1. The van der Waals surface area contributed by atoms with Crippen molar-refractivity contribution < 1.29 is 24.2 Å². The van der Waals surface area contributed by atoms with E-state index in [4.69, 9.17) is 9.84 Å². The van der Waals surface area contributed by atoms with E-state index in [-0.39, 0.29) is 30.9 Å². The Labute approximate surface area is 213 Å². The highest BCUT2D eigenvalue weighted by Crippen LogP contribution is 2.46. The summed E-state index contributed by atoms with van der Waals surface area (Å²) in [6.07, 6.45) is 6.04. The van der Waals surface area contributed by atoms with Crippen molar-refractivity contribution in [2.24, 2.45) is 5.92 Å². The molecule has 1 aromatic carbocycles. The number of hydrogen-bond donors (Lipinski definition) is 2. The number of aliphatic hydroxyl groups is 1. The molecule has 9 nitrogen and oxygen atoms in total.